The number of nitrogens with one attached hydrogen (secondary N) is 1. The molecule has 1 aromatic rings. The Kier molecular flexibility index (Phi) is 2.98. The lowest BCUT2D eigenvalue weighted by atomic mass is 9.81. The fraction of sp³-hybridized carbons (Fsp3) is 0.533. The number of hydrogen-bond acceptors (Lipinski definition) is 1. The van der Waals surface area contributed by atoms with Crippen LogP contribution in [0.2, 0.25) is 0 Å². The highest BCUT2D eigenvalue weighted by atomic mass is 15.2. The van der Waals surface area contributed by atoms with Gasteiger partial charge >= 0.3 is 0 Å². The summed E-state index contributed by atoms with van der Waals surface area (Å²) in [6.45, 7) is 10.9. The molecule has 0 spiro atoms. The molecule has 2 rings (SSSR count). The highest BCUT2D eigenvalue weighted by molar-refractivity contribution is 6.00. The minimum absolute atomic E-state index is 0.244. The lowest BCUT2D eigenvalue weighted by Crippen LogP contribution is -2.37. The number of benzene rings is 1. The maximum Gasteiger partial charge on any atom is 0.128 e. The van der Waals surface area contributed by atoms with E-state index < -0.39 is 0 Å². The molecule has 1 N–H and O–H groups in total. The molecule has 0 aromatic heterocycles. The van der Waals surface area contributed by atoms with Gasteiger partial charge in [-0.05, 0) is 16.9 Å². The normalized spacial score (nSPS) is 15.6. The number of nitrogens with zero attached hydrogens (tertiary/aromatic N) is 1. The SMILES string of the molecule is CC(C)C(C)(C)CN1Cc2ccccc2C1=N. The zero-order chi connectivity index (χ0) is 12.6. The average Bonchev–Trinajstić information content (AvgIpc) is 2.56. The van der Waals surface area contributed by atoms with Crippen LogP contribution in [0.25, 0.3) is 0 Å². The molecule has 1 aliphatic rings. The van der Waals surface area contributed by atoms with E-state index in [1.165, 1.54) is 5.56 Å². The Balaban J connectivity index is 2.16. The summed E-state index contributed by atoms with van der Waals surface area (Å²) in [5.41, 5.74) is 2.64. The van der Waals surface area contributed by atoms with E-state index in [1.807, 2.05) is 6.07 Å². The highest BCUT2D eigenvalue weighted by Crippen LogP contribution is 2.31. The second-order valence-electron chi connectivity index (χ2n) is 6.01. The minimum Gasteiger partial charge on any atom is -0.352 e. The summed E-state index contributed by atoms with van der Waals surface area (Å²) in [7, 11) is 0. The van der Waals surface area contributed by atoms with Gasteiger partial charge < -0.3 is 4.90 Å². The lowest BCUT2D eigenvalue weighted by molar-refractivity contribution is 0.183. The molecule has 0 radical (unpaired) electrons. The smallest absolute Gasteiger partial charge is 0.128 e. The van der Waals surface area contributed by atoms with Gasteiger partial charge in [0.05, 0.1) is 0 Å². The third-order valence-corrected chi connectivity index (χ3v) is 4.11. The van der Waals surface area contributed by atoms with Crippen LogP contribution in [0.1, 0.15) is 38.8 Å². The maximum absolute atomic E-state index is 8.23. The van der Waals surface area contributed by atoms with Crippen molar-refractivity contribution in [2.45, 2.75) is 34.2 Å². The number of fused-ring (bicyclic) bond motifs is 1. The van der Waals surface area contributed by atoms with Crippen LogP contribution in [0.15, 0.2) is 24.3 Å². The van der Waals surface area contributed by atoms with Crippen molar-refractivity contribution in [2.75, 3.05) is 6.54 Å². The van der Waals surface area contributed by atoms with E-state index in [2.05, 4.69) is 50.8 Å². The summed E-state index contributed by atoms with van der Waals surface area (Å²) < 4.78 is 0. The summed E-state index contributed by atoms with van der Waals surface area (Å²) in [4.78, 5) is 2.20. The first-order valence-electron chi connectivity index (χ1n) is 6.33. The number of rotatable bonds is 3. The van der Waals surface area contributed by atoms with Crippen LogP contribution in [0.5, 0.6) is 0 Å². The van der Waals surface area contributed by atoms with Gasteiger partial charge in [-0.3, -0.25) is 5.41 Å². The minimum atomic E-state index is 0.244. The van der Waals surface area contributed by atoms with Gasteiger partial charge in [0.25, 0.3) is 0 Å². The first kappa shape index (κ1) is 12.2. The Morgan fingerprint density at radius 2 is 1.94 bits per heavy atom. The van der Waals surface area contributed by atoms with Crippen molar-refractivity contribution >= 4 is 5.84 Å². The van der Waals surface area contributed by atoms with E-state index in [-0.39, 0.29) is 5.41 Å². The van der Waals surface area contributed by atoms with Crippen LogP contribution >= 0.6 is 0 Å². The highest BCUT2D eigenvalue weighted by Gasteiger charge is 2.30. The summed E-state index contributed by atoms with van der Waals surface area (Å²) in [6.07, 6.45) is 0. The van der Waals surface area contributed by atoms with Crippen molar-refractivity contribution in [3.05, 3.63) is 35.4 Å². The molecule has 0 unspecified atom stereocenters. The van der Waals surface area contributed by atoms with E-state index in [4.69, 9.17) is 5.41 Å². The molecule has 1 aromatic carbocycles. The van der Waals surface area contributed by atoms with Crippen LogP contribution in [-0.2, 0) is 6.54 Å². The van der Waals surface area contributed by atoms with Gasteiger partial charge in [-0.1, -0.05) is 52.0 Å². The van der Waals surface area contributed by atoms with Gasteiger partial charge in [0.15, 0.2) is 0 Å². The fourth-order valence-corrected chi connectivity index (χ4v) is 2.15. The van der Waals surface area contributed by atoms with Gasteiger partial charge in [0, 0.05) is 18.7 Å². The standard InChI is InChI=1S/C15H22N2/c1-11(2)15(3,4)10-17-9-12-7-5-6-8-13(12)14(17)16/h5-8,11,16H,9-10H2,1-4H3. The van der Waals surface area contributed by atoms with Crippen LogP contribution in [0, 0.1) is 16.7 Å². The zero-order valence-electron chi connectivity index (χ0n) is 11.2. The molecule has 0 aliphatic carbocycles. The van der Waals surface area contributed by atoms with Crippen molar-refractivity contribution in [3.63, 3.8) is 0 Å². The molecule has 0 atom stereocenters. The summed E-state index contributed by atoms with van der Waals surface area (Å²) in [5, 5.41) is 8.23. The Morgan fingerprint density at radius 3 is 2.53 bits per heavy atom. The second kappa shape index (κ2) is 4.17. The Hall–Kier alpha value is -1.31. The molecule has 17 heavy (non-hydrogen) atoms. The van der Waals surface area contributed by atoms with Crippen LogP contribution in [-0.4, -0.2) is 17.3 Å². The van der Waals surface area contributed by atoms with Gasteiger partial charge in [0.1, 0.15) is 5.84 Å². The van der Waals surface area contributed by atoms with E-state index in [1.54, 1.807) is 0 Å². The number of hydrogen-bond donors (Lipinski definition) is 1. The van der Waals surface area contributed by atoms with Crippen molar-refractivity contribution in [1.29, 1.82) is 5.41 Å². The van der Waals surface area contributed by atoms with Gasteiger partial charge in [-0.15, -0.1) is 0 Å². The van der Waals surface area contributed by atoms with Gasteiger partial charge in [-0.2, -0.15) is 0 Å². The molecule has 92 valence electrons. The second-order valence-corrected chi connectivity index (χ2v) is 6.01. The van der Waals surface area contributed by atoms with E-state index in [9.17, 15) is 0 Å². The van der Waals surface area contributed by atoms with E-state index in [0.29, 0.717) is 11.8 Å². The molecule has 1 aliphatic heterocycles. The molecule has 0 saturated heterocycles. The molecule has 0 fully saturated rings. The Labute approximate surface area is 104 Å². The predicted octanol–water partition coefficient (Wildman–Crippen LogP) is 3.51. The first-order chi connectivity index (χ1) is 7.92. The van der Waals surface area contributed by atoms with Crippen LogP contribution in [0.4, 0.5) is 0 Å². The predicted molar refractivity (Wildman–Crippen MR) is 72.3 cm³/mol. The quantitative estimate of drug-likeness (QED) is 0.845. The monoisotopic (exact) mass is 230 g/mol. The van der Waals surface area contributed by atoms with Crippen molar-refractivity contribution < 1.29 is 0 Å². The van der Waals surface area contributed by atoms with Crippen LogP contribution in [0.3, 0.4) is 0 Å². The first-order valence-corrected chi connectivity index (χ1v) is 6.33. The number of amidine groups is 1. The molecule has 2 heteroatoms. The third kappa shape index (κ3) is 2.21. The third-order valence-electron chi connectivity index (χ3n) is 4.11. The summed E-state index contributed by atoms with van der Waals surface area (Å²) >= 11 is 0. The van der Waals surface area contributed by atoms with Crippen molar-refractivity contribution in [2.24, 2.45) is 11.3 Å². The average molecular weight is 230 g/mol. The maximum atomic E-state index is 8.23. The molecule has 2 nitrogen and oxygen atoms in total. The van der Waals surface area contributed by atoms with Crippen molar-refractivity contribution in [3.8, 4) is 0 Å². The van der Waals surface area contributed by atoms with Crippen molar-refractivity contribution in [1.82, 2.24) is 4.90 Å². The molecule has 0 saturated carbocycles. The Bertz CT molecular complexity index is 432. The molecule has 0 amide bonds. The largest absolute Gasteiger partial charge is 0.352 e. The van der Waals surface area contributed by atoms with Crippen LogP contribution < -0.4 is 0 Å². The molecular weight excluding hydrogens is 208 g/mol. The molecule has 0 bridgehead atoms. The van der Waals surface area contributed by atoms with Gasteiger partial charge in [0.2, 0.25) is 0 Å². The zero-order valence-corrected chi connectivity index (χ0v) is 11.2. The lowest BCUT2D eigenvalue weighted by Gasteiger charge is -2.34. The summed E-state index contributed by atoms with van der Waals surface area (Å²) in [5.74, 6) is 1.31. The van der Waals surface area contributed by atoms with E-state index in [0.717, 1.165) is 18.7 Å². The van der Waals surface area contributed by atoms with Gasteiger partial charge in [-0.25, -0.2) is 0 Å². The topological polar surface area (TPSA) is 27.1 Å². The van der Waals surface area contributed by atoms with E-state index >= 15 is 0 Å². The summed E-state index contributed by atoms with van der Waals surface area (Å²) in [6, 6.07) is 8.26. The molecule has 1 heterocycles. The molecular formula is C15H22N2. The Morgan fingerprint density at radius 1 is 1.29 bits per heavy atom. The fourth-order valence-electron chi connectivity index (χ4n) is 2.15.